The second-order valence-corrected chi connectivity index (χ2v) is 5.98. The lowest BCUT2D eigenvalue weighted by Gasteiger charge is -2.19. The van der Waals surface area contributed by atoms with Crippen LogP contribution in [0.3, 0.4) is 0 Å². The summed E-state index contributed by atoms with van der Waals surface area (Å²) in [6.07, 6.45) is 2.52. The normalized spacial score (nSPS) is 22.5. The zero-order valence-electron chi connectivity index (χ0n) is 13.0. The van der Waals surface area contributed by atoms with Gasteiger partial charge in [-0.15, -0.1) is 11.6 Å². The van der Waals surface area contributed by atoms with Crippen molar-refractivity contribution >= 4 is 22.8 Å². The van der Waals surface area contributed by atoms with E-state index in [-0.39, 0.29) is 0 Å². The summed E-state index contributed by atoms with van der Waals surface area (Å²) in [5.41, 5.74) is 3.07. The molecule has 2 atom stereocenters. The molecule has 0 bridgehead atoms. The fourth-order valence-electron chi connectivity index (χ4n) is 3.37. The number of hydrogen-bond donors (Lipinski definition) is 0. The molecule has 0 amide bonds. The van der Waals surface area contributed by atoms with Crippen molar-refractivity contribution in [3.8, 4) is 0 Å². The Kier molecular flexibility index (Phi) is 4.22. The van der Waals surface area contributed by atoms with E-state index in [1.807, 2.05) is 11.6 Å². The van der Waals surface area contributed by atoms with E-state index in [2.05, 4.69) is 23.5 Å². The molecule has 5 nitrogen and oxygen atoms in total. The second kappa shape index (κ2) is 5.97. The Balaban J connectivity index is 2.03. The molecule has 0 N–H and O–H groups in total. The number of ether oxygens (including phenoxy) is 1. The molecular formula is C15H23ClN4O. The summed E-state index contributed by atoms with van der Waals surface area (Å²) in [5, 5.41) is 4.58. The van der Waals surface area contributed by atoms with Crippen LogP contribution in [0, 0.1) is 12.8 Å². The quantitative estimate of drug-likeness (QED) is 0.797. The lowest BCUT2D eigenvalue weighted by atomic mass is 9.99. The molecule has 0 spiro atoms. The van der Waals surface area contributed by atoms with Crippen LogP contribution >= 0.6 is 11.6 Å². The summed E-state index contributed by atoms with van der Waals surface area (Å²) in [4.78, 5) is 4.70. The van der Waals surface area contributed by atoms with Crippen LogP contribution in [-0.2, 0) is 23.7 Å². The van der Waals surface area contributed by atoms with Crippen molar-refractivity contribution in [2.75, 3.05) is 6.61 Å². The van der Waals surface area contributed by atoms with Gasteiger partial charge in [-0.25, -0.2) is 9.67 Å². The van der Waals surface area contributed by atoms with Gasteiger partial charge in [-0.05, 0) is 26.7 Å². The number of halogens is 1. The third-order valence-electron chi connectivity index (χ3n) is 4.46. The number of rotatable bonds is 5. The molecule has 116 valence electrons. The maximum atomic E-state index is 6.12. The highest BCUT2D eigenvalue weighted by Gasteiger charge is 2.29. The maximum absolute atomic E-state index is 6.12. The van der Waals surface area contributed by atoms with Crippen LogP contribution in [0.4, 0.5) is 0 Å². The molecule has 0 radical (unpaired) electrons. The summed E-state index contributed by atoms with van der Waals surface area (Å²) < 4.78 is 10.1. The molecule has 3 heterocycles. The minimum absolute atomic E-state index is 0.352. The SMILES string of the molecule is CCC1OCCC1Cn1c(CCl)nc2c(C)nn(CC)c21. The van der Waals surface area contributed by atoms with Crippen LogP contribution in [0.1, 0.15) is 38.2 Å². The highest BCUT2D eigenvalue weighted by Crippen LogP contribution is 2.28. The van der Waals surface area contributed by atoms with Crippen molar-refractivity contribution in [2.45, 2.75) is 58.7 Å². The Morgan fingerprint density at radius 1 is 1.38 bits per heavy atom. The largest absolute Gasteiger partial charge is 0.378 e. The molecule has 0 aliphatic carbocycles. The van der Waals surface area contributed by atoms with Gasteiger partial charge in [0, 0.05) is 25.6 Å². The van der Waals surface area contributed by atoms with Crippen molar-refractivity contribution in [3.63, 3.8) is 0 Å². The van der Waals surface area contributed by atoms with E-state index in [9.17, 15) is 0 Å². The lowest BCUT2D eigenvalue weighted by molar-refractivity contribution is 0.0835. The van der Waals surface area contributed by atoms with Gasteiger partial charge < -0.3 is 9.30 Å². The van der Waals surface area contributed by atoms with Crippen LogP contribution < -0.4 is 0 Å². The summed E-state index contributed by atoms with van der Waals surface area (Å²) in [6, 6.07) is 0. The van der Waals surface area contributed by atoms with Crippen LogP contribution in [-0.4, -0.2) is 32.0 Å². The highest BCUT2D eigenvalue weighted by atomic mass is 35.5. The fourth-order valence-corrected chi connectivity index (χ4v) is 3.58. The van der Waals surface area contributed by atoms with Crippen molar-refractivity contribution in [1.82, 2.24) is 19.3 Å². The number of aromatic nitrogens is 4. The molecule has 0 saturated carbocycles. The smallest absolute Gasteiger partial charge is 0.158 e. The Labute approximate surface area is 130 Å². The van der Waals surface area contributed by atoms with E-state index in [1.54, 1.807) is 0 Å². The number of aryl methyl sites for hydroxylation is 2. The molecule has 2 aromatic rings. The summed E-state index contributed by atoms with van der Waals surface area (Å²) in [5.74, 6) is 1.91. The van der Waals surface area contributed by atoms with Gasteiger partial charge in [0.1, 0.15) is 11.3 Å². The van der Waals surface area contributed by atoms with Gasteiger partial charge in [-0.3, -0.25) is 0 Å². The van der Waals surface area contributed by atoms with Gasteiger partial charge in [-0.1, -0.05) is 6.92 Å². The Hall–Kier alpha value is -1.07. The Morgan fingerprint density at radius 2 is 2.19 bits per heavy atom. The van der Waals surface area contributed by atoms with Gasteiger partial charge in [0.2, 0.25) is 0 Å². The topological polar surface area (TPSA) is 44.9 Å². The molecule has 6 heteroatoms. The zero-order valence-corrected chi connectivity index (χ0v) is 13.7. The fraction of sp³-hybridized carbons (Fsp3) is 0.733. The van der Waals surface area contributed by atoms with Crippen molar-refractivity contribution in [3.05, 3.63) is 11.5 Å². The molecule has 1 saturated heterocycles. The lowest BCUT2D eigenvalue weighted by Crippen LogP contribution is -2.22. The zero-order chi connectivity index (χ0) is 15.0. The number of nitrogens with zero attached hydrogens (tertiary/aromatic N) is 4. The van der Waals surface area contributed by atoms with E-state index in [4.69, 9.17) is 21.3 Å². The number of alkyl halides is 1. The second-order valence-electron chi connectivity index (χ2n) is 5.71. The Morgan fingerprint density at radius 3 is 2.86 bits per heavy atom. The predicted molar refractivity (Wildman–Crippen MR) is 83.6 cm³/mol. The van der Waals surface area contributed by atoms with E-state index in [0.29, 0.717) is 17.9 Å². The molecule has 2 unspecified atom stereocenters. The van der Waals surface area contributed by atoms with E-state index in [0.717, 1.165) is 55.2 Å². The molecule has 3 rings (SSSR count). The van der Waals surface area contributed by atoms with Crippen LogP contribution in [0.15, 0.2) is 0 Å². The monoisotopic (exact) mass is 310 g/mol. The standard InChI is InChI=1S/C15H23ClN4O/c1-4-12-11(6-7-21-12)9-19-13(8-16)17-14-10(3)18-20(5-2)15(14)19/h11-12H,4-9H2,1-3H3. The Bertz CT molecular complexity index is 633. The van der Waals surface area contributed by atoms with Crippen molar-refractivity contribution in [2.24, 2.45) is 5.92 Å². The average molecular weight is 311 g/mol. The molecule has 0 aromatic carbocycles. The van der Waals surface area contributed by atoms with E-state index in [1.165, 1.54) is 0 Å². The van der Waals surface area contributed by atoms with Crippen molar-refractivity contribution in [1.29, 1.82) is 0 Å². The van der Waals surface area contributed by atoms with Crippen LogP contribution in [0.2, 0.25) is 0 Å². The average Bonchev–Trinajstić information content (AvgIpc) is 3.16. The highest BCUT2D eigenvalue weighted by molar-refractivity contribution is 6.16. The number of imidazole rings is 1. The van der Waals surface area contributed by atoms with Gasteiger partial charge >= 0.3 is 0 Å². The van der Waals surface area contributed by atoms with Crippen LogP contribution in [0.25, 0.3) is 11.2 Å². The van der Waals surface area contributed by atoms with Crippen molar-refractivity contribution < 1.29 is 4.74 Å². The van der Waals surface area contributed by atoms with Crippen LogP contribution in [0.5, 0.6) is 0 Å². The molecule has 21 heavy (non-hydrogen) atoms. The first-order valence-corrected chi connectivity index (χ1v) is 8.33. The first-order chi connectivity index (χ1) is 10.2. The predicted octanol–water partition coefficient (Wildman–Crippen LogP) is 3.12. The third kappa shape index (κ3) is 2.46. The molecule has 1 aliphatic rings. The van der Waals surface area contributed by atoms with E-state index >= 15 is 0 Å². The summed E-state index contributed by atoms with van der Waals surface area (Å²) in [7, 11) is 0. The first kappa shape index (κ1) is 14.9. The van der Waals surface area contributed by atoms with Gasteiger partial charge in [-0.2, -0.15) is 5.10 Å². The minimum Gasteiger partial charge on any atom is -0.378 e. The first-order valence-electron chi connectivity index (χ1n) is 7.79. The van der Waals surface area contributed by atoms with Gasteiger partial charge in [0.25, 0.3) is 0 Å². The molecule has 1 aliphatic heterocycles. The third-order valence-corrected chi connectivity index (χ3v) is 4.70. The van der Waals surface area contributed by atoms with Gasteiger partial charge in [0.15, 0.2) is 5.65 Å². The maximum Gasteiger partial charge on any atom is 0.158 e. The van der Waals surface area contributed by atoms with E-state index < -0.39 is 0 Å². The molecule has 2 aromatic heterocycles. The molecular weight excluding hydrogens is 288 g/mol. The number of hydrogen-bond acceptors (Lipinski definition) is 3. The minimum atomic E-state index is 0.352. The van der Waals surface area contributed by atoms with Gasteiger partial charge in [0.05, 0.1) is 17.7 Å². The number of fused-ring (bicyclic) bond motifs is 1. The molecule has 1 fully saturated rings. The summed E-state index contributed by atoms with van der Waals surface area (Å²) in [6.45, 7) is 8.94. The summed E-state index contributed by atoms with van der Waals surface area (Å²) >= 11 is 6.12.